The molecule has 2 aliphatic heterocycles. The number of aromatic nitrogens is 3. The van der Waals surface area contributed by atoms with E-state index in [0.717, 1.165) is 45.3 Å². The molecule has 0 aliphatic carbocycles. The Balaban J connectivity index is 1.48. The van der Waals surface area contributed by atoms with E-state index >= 15 is 0 Å². The molecule has 4 heterocycles. The predicted molar refractivity (Wildman–Crippen MR) is 116 cm³/mol. The van der Waals surface area contributed by atoms with Crippen molar-refractivity contribution >= 4 is 0 Å². The average Bonchev–Trinajstić information content (AvgIpc) is 3.32. The smallest absolute Gasteiger partial charge is 0.0663 e. The highest BCUT2D eigenvalue weighted by atomic mass is 16.5. The van der Waals surface area contributed by atoms with Gasteiger partial charge in [0.05, 0.1) is 23.4 Å². The number of fused-ring (bicyclic) bond motifs is 1. The maximum atomic E-state index is 6.31. The van der Waals surface area contributed by atoms with Crippen LogP contribution in [-0.4, -0.2) is 33.5 Å². The third-order valence-electron chi connectivity index (χ3n) is 7.06. The zero-order valence-electron chi connectivity index (χ0n) is 18.2. The molecule has 2 aromatic heterocycles. The molecule has 3 unspecified atom stereocenters. The Morgan fingerprint density at radius 1 is 1.24 bits per heavy atom. The molecule has 0 radical (unpaired) electrons. The molecular formula is C24H36N4O. The fourth-order valence-corrected chi connectivity index (χ4v) is 5.50. The first-order valence-corrected chi connectivity index (χ1v) is 11.4. The van der Waals surface area contributed by atoms with Gasteiger partial charge in [-0.05, 0) is 70.7 Å². The summed E-state index contributed by atoms with van der Waals surface area (Å²) in [7, 11) is 0. The Morgan fingerprint density at radius 3 is 2.93 bits per heavy atom. The highest BCUT2D eigenvalue weighted by Gasteiger charge is 2.44. The average molecular weight is 397 g/mol. The van der Waals surface area contributed by atoms with E-state index < -0.39 is 0 Å². The number of nitrogens with zero attached hydrogens (tertiary/aromatic N) is 3. The SMILES string of the molecule is CCCCC1(C)C[C@](CCNC2CC(C)n3nccc32)(c2ccccn2)CCO1. The molecule has 4 rings (SSSR count). The summed E-state index contributed by atoms with van der Waals surface area (Å²) in [5, 5.41) is 8.32. The minimum atomic E-state index is -0.0493. The summed E-state index contributed by atoms with van der Waals surface area (Å²) < 4.78 is 8.48. The molecule has 158 valence electrons. The van der Waals surface area contributed by atoms with Gasteiger partial charge in [-0.15, -0.1) is 0 Å². The molecule has 1 saturated heterocycles. The summed E-state index contributed by atoms with van der Waals surface area (Å²) in [6, 6.07) is 9.41. The molecular weight excluding hydrogens is 360 g/mol. The van der Waals surface area contributed by atoms with Gasteiger partial charge in [0.15, 0.2) is 0 Å². The molecule has 0 aromatic carbocycles. The highest BCUT2D eigenvalue weighted by Crippen LogP contribution is 2.45. The van der Waals surface area contributed by atoms with Crippen LogP contribution in [0.3, 0.4) is 0 Å². The van der Waals surface area contributed by atoms with Gasteiger partial charge in [-0.1, -0.05) is 25.8 Å². The largest absolute Gasteiger partial charge is 0.375 e. The monoisotopic (exact) mass is 396 g/mol. The quantitative estimate of drug-likeness (QED) is 0.685. The minimum absolute atomic E-state index is 0.0493. The summed E-state index contributed by atoms with van der Waals surface area (Å²) >= 11 is 0. The van der Waals surface area contributed by atoms with E-state index in [1.165, 1.54) is 24.2 Å². The summed E-state index contributed by atoms with van der Waals surface area (Å²) in [6.45, 7) is 8.64. The van der Waals surface area contributed by atoms with Gasteiger partial charge in [-0.2, -0.15) is 5.10 Å². The third-order valence-corrected chi connectivity index (χ3v) is 7.06. The first kappa shape index (κ1) is 20.5. The molecule has 0 bridgehead atoms. The Bertz CT molecular complexity index is 791. The van der Waals surface area contributed by atoms with Crippen LogP contribution in [0.5, 0.6) is 0 Å². The van der Waals surface area contributed by atoms with Crippen molar-refractivity contribution in [2.45, 2.75) is 88.8 Å². The molecule has 2 aromatic rings. The van der Waals surface area contributed by atoms with E-state index in [1.807, 2.05) is 18.5 Å². The molecule has 0 spiro atoms. The first-order valence-electron chi connectivity index (χ1n) is 11.4. The summed E-state index contributed by atoms with van der Waals surface area (Å²) in [5.41, 5.74) is 2.59. The van der Waals surface area contributed by atoms with E-state index in [2.05, 4.69) is 54.1 Å². The number of hydrogen-bond acceptors (Lipinski definition) is 4. The van der Waals surface area contributed by atoms with Gasteiger partial charge in [-0.3, -0.25) is 9.67 Å². The second-order valence-electron chi connectivity index (χ2n) is 9.37. The van der Waals surface area contributed by atoms with Crippen LogP contribution in [0.2, 0.25) is 0 Å². The Morgan fingerprint density at radius 2 is 2.14 bits per heavy atom. The summed E-state index contributed by atoms with van der Waals surface area (Å²) in [5.74, 6) is 0. The van der Waals surface area contributed by atoms with Crippen molar-refractivity contribution in [2.75, 3.05) is 13.2 Å². The Kier molecular flexibility index (Phi) is 6.07. The lowest BCUT2D eigenvalue weighted by molar-refractivity contribution is -0.102. The van der Waals surface area contributed by atoms with Crippen molar-refractivity contribution in [1.82, 2.24) is 20.1 Å². The third kappa shape index (κ3) is 4.26. The second-order valence-corrected chi connectivity index (χ2v) is 9.37. The molecule has 1 fully saturated rings. The van der Waals surface area contributed by atoms with Gasteiger partial charge in [0.1, 0.15) is 0 Å². The fraction of sp³-hybridized carbons (Fsp3) is 0.667. The first-order chi connectivity index (χ1) is 14.1. The van der Waals surface area contributed by atoms with E-state index in [0.29, 0.717) is 12.1 Å². The molecule has 0 amide bonds. The van der Waals surface area contributed by atoms with Crippen molar-refractivity contribution < 1.29 is 4.74 Å². The number of nitrogens with one attached hydrogen (secondary N) is 1. The number of hydrogen-bond donors (Lipinski definition) is 1. The molecule has 1 N–H and O–H groups in total. The lowest BCUT2D eigenvalue weighted by atomic mass is 9.68. The molecule has 5 nitrogen and oxygen atoms in total. The Labute approximate surface area is 175 Å². The van der Waals surface area contributed by atoms with E-state index in [-0.39, 0.29) is 11.0 Å². The van der Waals surface area contributed by atoms with Gasteiger partial charge in [0.25, 0.3) is 0 Å². The molecule has 2 aliphatic rings. The summed E-state index contributed by atoms with van der Waals surface area (Å²) in [6.07, 6.45) is 11.7. The maximum Gasteiger partial charge on any atom is 0.0663 e. The number of pyridine rings is 1. The fourth-order valence-electron chi connectivity index (χ4n) is 5.50. The standard InChI is InChI=1S/C24H36N4O/c1-4-5-10-23(3)18-24(12-16-29-23,22-8-6-7-13-26-22)11-15-25-20-17-19(2)28-21(20)9-14-27-28/h6-9,13-14,19-20,25H,4-5,10-12,15-18H2,1-3H3/t19?,20?,23?,24-/m1/s1. The number of rotatable bonds is 8. The topological polar surface area (TPSA) is 52.0 Å². The van der Waals surface area contributed by atoms with Crippen LogP contribution < -0.4 is 5.32 Å². The van der Waals surface area contributed by atoms with Crippen molar-refractivity contribution in [2.24, 2.45) is 0 Å². The number of unbranched alkanes of at least 4 members (excludes halogenated alkanes) is 1. The van der Waals surface area contributed by atoms with Crippen molar-refractivity contribution in [3.8, 4) is 0 Å². The van der Waals surface area contributed by atoms with Gasteiger partial charge < -0.3 is 10.1 Å². The molecule has 0 saturated carbocycles. The van der Waals surface area contributed by atoms with E-state index in [1.54, 1.807) is 0 Å². The van der Waals surface area contributed by atoms with Gasteiger partial charge in [0.2, 0.25) is 0 Å². The maximum absolute atomic E-state index is 6.31. The van der Waals surface area contributed by atoms with Crippen LogP contribution in [0.15, 0.2) is 36.7 Å². The predicted octanol–water partition coefficient (Wildman–Crippen LogP) is 4.96. The van der Waals surface area contributed by atoms with E-state index in [9.17, 15) is 0 Å². The van der Waals surface area contributed by atoms with Crippen LogP contribution in [0, 0.1) is 0 Å². The second kappa shape index (κ2) is 8.57. The minimum Gasteiger partial charge on any atom is -0.375 e. The normalized spacial score (nSPS) is 31.7. The van der Waals surface area contributed by atoms with Crippen molar-refractivity contribution in [1.29, 1.82) is 0 Å². The molecule has 29 heavy (non-hydrogen) atoms. The van der Waals surface area contributed by atoms with Crippen LogP contribution in [-0.2, 0) is 10.2 Å². The van der Waals surface area contributed by atoms with Crippen LogP contribution in [0.4, 0.5) is 0 Å². The Hall–Kier alpha value is -1.72. The highest BCUT2D eigenvalue weighted by molar-refractivity contribution is 5.20. The van der Waals surface area contributed by atoms with Crippen LogP contribution in [0.25, 0.3) is 0 Å². The van der Waals surface area contributed by atoms with Gasteiger partial charge >= 0.3 is 0 Å². The van der Waals surface area contributed by atoms with Crippen LogP contribution in [0.1, 0.15) is 89.2 Å². The molecule has 4 atom stereocenters. The van der Waals surface area contributed by atoms with Crippen molar-refractivity contribution in [3.63, 3.8) is 0 Å². The lowest BCUT2D eigenvalue weighted by Crippen LogP contribution is -2.47. The van der Waals surface area contributed by atoms with E-state index in [4.69, 9.17) is 9.72 Å². The van der Waals surface area contributed by atoms with Gasteiger partial charge in [-0.25, -0.2) is 0 Å². The molecule has 5 heteroatoms. The van der Waals surface area contributed by atoms with Crippen LogP contribution >= 0.6 is 0 Å². The van der Waals surface area contributed by atoms with Crippen molar-refractivity contribution in [3.05, 3.63) is 48.0 Å². The zero-order valence-corrected chi connectivity index (χ0v) is 18.2. The zero-order chi connectivity index (χ0) is 20.3. The lowest BCUT2D eigenvalue weighted by Gasteiger charge is -2.46. The summed E-state index contributed by atoms with van der Waals surface area (Å²) in [4.78, 5) is 4.81. The number of ether oxygens (including phenoxy) is 1. The van der Waals surface area contributed by atoms with Gasteiger partial charge in [0, 0.05) is 30.1 Å².